The van der Waals surface area contributed by atoms with Crippen LogP contribution in [0.15, 0.2) is 6.07 Å². The Morgan fingerprint density at radius 2 is 1.95 bits per heavy atom. The third-order valence-electron chi connectivity index (χ3n) is 3.48. The molecule has 0 atom stereocenters. The molecule has 0 aliphatic carbocycles. The van der Waals surface area contributed by atoms with E-state index >= 15 is 0 Å². The molecule has 1 heterocycles. The zero-order valence-corrected chi connectivity index (χ0v) is 14.0. The van der Waals surface area contributed by atoms with E-state index in [2.05, 4.69) is 19.2 Å². The lowest BCUT2D eigenvalue weighted by atomic mass is 9.95. The second-order valence-electron chi connectivity index (χ2n) is 7.34. The van der Waals surface area contributed by atoms with Gasteiger partial charge in [-0.2, -0.15) is 0 Å². The highest BCUT2D eigenvalue weighted by Crippen LogP contribution is 2.41. The van der Waals surface area contributed by atoms with Crippen molar-refractivity contribution in [2.24, 2.45) is 0 Å². The zero-order chi connectivity index (χ0) is 16.0. The fraction of sp³-hybridized carbons (Fsp3) is 0.588. The molecule has 0 fully saturated rings. The lowest BCUT2D eigenvalue weighted by Crippen LogP contribution is -2.27. The molecule has 21 heavy (non-hydrogen) atoms. The summed E-state index contributed by atoms with van der Waals surface area (Å²) in [5.41, 5.74) is 3.33. The van der Waals surface area contributed by atoms with Gasteiger partial charge in [-0.25, -0.2) is 4.79 Å². The number of nitrogens with one attached hydrogen (secondary N) is 1. The van der Waals surface area contributed by atoms with Crippen LogP contribution in [0.2, 0.25) is 0 Å². The Labute approximate surface area is 126 Å². The third-order valence-corrected chi connectivity index (χ3v) is 3.48. The number of fused-ring (bicyclic) bond motifs is 1. The number of benzene rings is 1. The molecule has 1 aromatic carbocycles. The van der Waals surface area contributed by atoms with Crippen molar-refractivity contribution < 1.29 is 14.3 Å². The summed E-state index contributed by atoms with van der Waals surface area (Å²) in [6.45, 7) is 13.7. The van der Waals surface area contributed by atoms with Crippen LogP contribution in [0.3, 0.4) is 0 Å². The summed E-state index contributed by atoms with van der Waals surface area (Å²) < 4.78 is 11.3. The molecular weight excluding hydrogens is 266 g/mol. The van der Waals surface area contributed by atoms with Gasteiger partial charge in [0.2, 0.25) is 0 Å². The second-order valence-corrected chi connectivity index (χ2v) is 7.34. The average molecular weight is 291 g/mol. The molecule has 1 aromatic rings. The first-order chi connectivity index (χ1) is 9.48. The van der Waals surface area contributed by atoms with E-state index in [4.69, 9.17) is 9.47 Å². The van der Waals surface area contributed by atoms with Gasteiger partial charge in [0.15, 0.2) is 0 Å². The van der Waals surface area contributed by atoms with Gasteiger partial charge in [-0.15, -0.1) is 0 Å². The molecule has 1 aliphatic rings. The number of hydrogen-bond donors (Lipinski definition) is 1. The lowest BCUT2D eigenvalue weighted by Gasteiger charge is -2.21. The van der Waals surface area contributed by atoms with Crippen molar-refractivity contribution >= 4 is 11.8 Å². The molecule has 0 saturated carbocycles. The van der Waals surface area contributed by atoms with Crippen LogP contribution < -0.4 is 10.1 Å². The normalized spacial score (nSPS) is 16.1. The maximum Gasteiger partial charge on any atom is 0.412 e. The summed E-state index contributed by atoms with van der Waals surface area (Å²) in [6, 6.07) is 1.99. The first kappa shape index (κ1) is 15.7. The quantitative estimate of drug-likeness (QED) is 0.836. The molecular formula is C17H25NO3. The summed E-state index contributed by atoms with van der Waals surface area (Å²) >= 11 is 0. The maximum absolute atomic E-state index is 12.0. The minimum absolute atomic E-state index is 0.190. The highest BCUT2D eigenvalue weighted by Gasteiger charge is 2.32. The van der Waals surface area contributed by atoms with Crippen molar-refractivity contribution in [3.05, 3.63) is 22.8 Å². The van der Waals surface area contributed by atoms with Crippen LogP contribution in [-0.4, -0.2) is 17.3 Å². The zero-order valence-electron chi connectivity index (χ0n) is 14.0. The average Bonchev–Trinajstić information content (AvgIpc) is 2.57. The highest BCUT2D eigenvalue weighted by molar-refractivity contribution is 5.88. The highest BCUT2D eigenvalue weighted by atomic mass is 16.6. The third kappa shape index (κ3) is 3.49. The van der Waals surface area contributed by atoms with E-state index in [-0.39, 0.29) is 5.60 Å². The molecule has 1 N–H and O–H groups in total. The summed E-state index contributed by atoms with van der Waals surface area (Å²) in [7, 11) is 0. The number of rotatable bonds is 1. The van der Waals surface area contributed by atoms with E-state index in [9.17, 15) is 4.79 Å². The monoisotopic (exact) mass is 291 g/mol. The Hall–Kier alpha value is -1.71. The SMILES string of the molecule is Cc1cc2c(c(C)c1NC(=O)OC(C)(C)C)CC(C)(C)O2. The minimum Gasteiger partial charge on any atom is -0.487 e. The molecule has 1 aliphatic heterocycles. The van der Waals surface area contributed by atoms with Gasteiger partial charge in [0, 0.05) is 12.0 Å². The lowest BCUT2D eigenvalue weighted by molar-refractivity contribution is 0.0635. The van der Waals surface area contributed by atoms with E-state index in [1.807, 2.05) is 40.7 Å². The molecule has 0 unspecified atom stereocenters. The largest absolute Gasteiger partial charge is 0.487 e. The number of carbonyl (C=O) groups excluding carboxylic acids is 1. The first-order valence-electron chi connectivity index (χ1n) is 7.31. The predicted octanol–water partition coefficient (Wildman–Crippen LogP) is 4.36. The van der Waals surface area contributed by atoms with Crippen molar-refractivity contribution in [1.29, 1.82) is 0 Å². The van der Waals surface area contributed by atoms with Crippen molar-refractivity contribution in [1.82, 2.24) is 0 Å². The van der Waals surface area contributed by atoms with Crippen molar-refractivity contribution in [3.8, 4) is 5.75 Å². The molecule has 0 bridgehead atoms. The molecule has 0 saturated heterocycles. The van der Waals surface area contributed by atoms with Gasteiger partial charge in [-0.1, -0.05) is 0 Å². The van der Waals surface area contributed by atoms with E-state index in [1.54, 1.807) is 0 Å². The van der Waals surface area contributed by atoms with E-state index in [1.165, 1.54) is 0 Å². The number of hydrogen-bond acceptors (Lipinski definition) is 3. The van der Waals surface area contributed by atoms with E-state index in [0.29, 0.717) is 0 Å². The molecule has 1 amide bonds. The molecule has 2 rings (SSSR count). The fourth-order valence-corrected chi connectivity index (χ4v) is 2.66. The topological polar surface area (TPSA) is 47.6 Å². The van der Waals surface area contributed by atoms with Gasteiger partial charge in [0.05, 0.1) is 5.69 Å². The van der Waals surface area contributed by atoms with Crippen LogP contribution in [0.1, 0.15) is 51.3 Å². The van der Waals surface area contributed by atoms with Crippen LogP contribution in [0, 0.1) is 13.8 Å². The van der Waals surface area contributed by atoms with Crippen LogP contribution in [0.5, 0.6) is 5.75 Å². The van der Waals surface area contributed by atoms with Crippen molar-refractivity contribution in [3.63, 3.8) is 0 Å². The molecule has 0 radical (unpaired) electrons. The number of anilines is 1. The number of ether oxygens (including phenoxy) is 2. The van der Waals surface area contributed by atoms with Crippen molar-refractivity contribution in [2.45, 2.75) is 66.1 Å². The first-order valence-corrected chi connectivity index (χ1v) is 7.31. The van der Waals surface area contributed by atoms with E-state index in [0.717, 1.165) is 34.5 Å². The second kappa shape index (κ2) is 4.93. The minimum atomic E-state index is -0.506. The van der Waals surface area contributed by atoms with Crippen LogP contribution in [-0.2, 0) is 11.2 Å². The Kier molecular flexibility index (Phi) is 3.68. The van der Waals surface area contributed by atoms with Gasteiger partial charge < -0.3 is 9.47 Å². The maximum atomic E-state index is 12.0. The fourth-order valence-electron chi connectivity index (χ4n) is 2.66. The van der Waals surface area contributed by atoms with Crippen LogP contribution in [0.25, 0.3) is 0 Å². The van der Waals surface area contributed by atoms with Gasteiger partial charge in [0.25, 0.3) is 0 Å². The number of amides is 1. The van der Waals surface area contributed by atoms with Crippen molar-refractivity contribution in [2.75, 3.05) is 5.32 Å². The Morgan fingerprint density at radius 3 is 2.52 bits per heavy atom. The standard InChI is InChI=1S/C17H25NO3/c1-10-8-13-12(9-17(6,7)20-13)11(2)14(10)18-15(19)21-16(3,4)5/h8H,9H2,1-7H3,(H,18,19). The van der Waals surface area contributed by atoms with Gasteiger partial charge in [-0.3, -0.25) is 5.32 Å². The van der Waals surface area contributed by atoms with Gasteiger partial charge in [0.1, 0.15) is 17.0 Å². The van der Waals surface area contributed by atoms with Crippen LogP contribution >= 0.6 is 0 Å². The Bertz CT molecular complexity index is 583. The Morgan fingerprint density at radius 1 is 1.33 bits per heavy atom. The molecule has 0 spiro atoms. The number of carbonyl (C=O) groups is 1. The number of aryl methyl sites for hydroxylation is 1. The smallest absolute Gasteiger partial charge is 0.412 e. The predicted molar refractivity (Wildman–Crippen MR) is 84.2 cm³/mol. The molecule has 4 heteroatoms. The van der Waals surface area contributed by atoms with Crippen LogP contribution in [0.4, 0.5) is 10.5 Å². The summed E-state index contributed by atoms with van der Waals surface area (Å²) in [4.78, 5) is 12.0. The molecule has 4 nitrogen and oxygen atoms in total. The van der Waals surface area contributed by atoms with E-state index < -0.39 is 11.7 Å². The summed E-state index contributed by atoms with van der Waals surface area (Å²) in [6.07, 6.45) is 0.420. The summed E-state index contributed by atoms with van der Waals surface area (Å²) in [5, 5.41) is 2.88. The summed E-state index contributed by atoms with van der Waals surface area (Å²) in [5.74, 6) is 0.921. The van der Waals surface area contributed by atoms with Gasteiger partial charge in [-0.05, 0) is 65.7 Å². The Balaban J connectivity index is 2.29. The molecule has 0 aromatic heterocycles. The van der Waals surface area contributed by atoms with Gasteiger partial charge >= 0.3 is 6.09 Å². The molecule has 116 valence electrons.